The summed E-state index contributed by atoms with van der Waals surface area (Å²) < 4.78 is 6.61. The number of alkyl halides is 1. The number of hydrogen-bond acceptors (Lipinski definition) is 2. The van der Waals surface area contributed by atoms with Gasteiger partial charge < -0.3 is 4.74 Å². The van der Waals surface area contributed by atoms with Crippen LogP contribution in [0.3, 0.4) is 0 Å². The van der Waals surface area contributed by atoms with Gasteiger partial charge in [-0.05, 0) is 6.42 Å². The molecule has 1 aliphatic heterocycles. The number of Topliss-reactive ketones (excluding diaryl/α,β-unsaturated/α-hetero) is 1. The molecule has 0 N–H and O–H groups in total. The maximum atomic E-state index is 10.8. The lowest BCUT2D eigenvalue weighted by Crippen LogP contribution is -2.38. The molecule has 0 amide bonds. The monoisotopic (exact) mass is 266 g/mol. The first kappa shape index (κ1) is 7.98. The molecule has 0 bridgehead atoms. The molecule has 0 aromatic heterocycles. The van der Waals surface area contributed by atoms with Crippen molar-refractivity contribution in [3.63, 3.8) is 0 Å². The normalized spacial score (nSPS) is 34.3. The number of ether oxygens (including phenoxy) is 1. The van der Waals surface area contributed by atoms with Crippen LogP contribution in [0.25, 0.3) is 0 Å². The van der Waals surface area contributed by atoms with E-state index < -0.39 is 0 Å². The third-order valence-electron chi connectivity index (χ3n) is 2.60. The van der Waals surface area contributed by atoms with Crippen LogP contribution in [0.5, 0.6) is 0 Å². The number of rotatable bonds is 1. The molecule has 1 saturated heterocycles. The lowest BCUT2D eigenvalue weighted by molar-refractivity contribution is -0.132. The van der Waals surface area contributed by atoms with E-state index in [2.05, 4.69) is 22.6 Å². The summed E-state index contributed by atoms with van der Waals surface area (Å²) in [6.07, 6.45) is 3.09. The van der Waals surface area contributed by atoms with Gasteiger partial charge in [0.1, 0.15) is 5.78 Å². The van der Waals surface area contributed by atoms with Gasteiger partial charge in [0.25, 0.3) is 0 Å². The summed E-state index contributed by atoms with van der Waals surface area (Å²) in [5, 5.41) is 0. The lowest BCUT2D eigenvalue weighted by Gasteiger charge is -2.34. The molecule has 11 heavy (non-hydrogen) atoms. The van der Waals surface area contributed by atoms with E-state index in [4.69, 9.17) is 4.74 Å². The van der Waals surface area contributed by atoms with Gasteiger partial charge >= 0.3 is 0 Å². The third kappa shape index (κ3) is 1.33. The second-order valence-corrected chi connectivity index (χ2v) is 4.56. The van der Waals surface area contributed by atoms with E-state index >= 15 is 0 Å². The predicted molar refractivity (Wildman–Crippen MR) is 49.9 cm³/mol. The van der Waals surface area contributed by atoms with E-state index in [0.29, 0.717) is 11.9 Å². The molecule has 3 heteroatoms. The van der Waals surface area contributed by atoms with E-state index in [1.54, 1.807) is 0 Å². The van der Waals surface area contributed by atoms with Crippen LogP contribution in [0, 0.1) is 5.41 Å². The summed E-state index contributed by atoms with van der Waals surface area (Å²) in [6.45, 7) is 0.826. The van der Waals surface area contributed by atoms with Gasteiger partial charge in [0, 0.05) is 22.7 Å². The smallest absolute Gasteiger partial charge is 0.134 e. The van der Waals surface area contributed by atoms with Crippen LogP contribution >= 0.6 is 22.6 Å². The van der Waals surface area contributed by atoms with Gasteiger partial charge in [0.15, 0.2) is 0 Å². The summed E-state index contributed by atoms with van der Waals surface area (Å²) in [4.78, 5) is 10.8. The fourth-order valence-corrected chi connectivity index (χ4v) is 2.59. The number of carbonyl (C=O) groups excluding carboxylic acids is 1. The Kier molecular flexibility index (Phi) is 1.95. The Bertz CT molecular complexity index is 183. The highest BCUT2D eigenvalue weighted by Gasteiger charge is 2.48. The first-order chi connectivity index (χ1) is 5.24. The van der Waals surface area contributed by atoms with Crippen LogP contribution < -0.4 is 0 Å². The Morgan fingerprint density at radius 1 is 1.64 bits per heavy atom. The van der Waals surface area contributed by atoms with Gasteiger partial charge in [-0.15, -0.1) is 0 Å². The molecule has 1 heterocycles. The maximum absolute atomic E-state index is 10.8. The van der Waals surface area contributed by atoms with Gasteiger partial charge in [-0.25, -0.2) is 0 Å². The second kappa shape index (κ2) is 2.69. The van der Waals surface area contributed by atoms with Crippen molar-refractivity contribution in [2.24, 2.45) is 5.41 Å². The van der Waals surface area contributed by atoms with E-state index in [0.717, 1.165) is 30.3 Å². The standard InChI is InChI=1S/C8H11IO2/c9-4-7-3-8(5-11-7)1-6(10)2-8/h7H,1-5H2/t7-/m0/s1. The Morgan fingerprint density at radius 2 is 2.36 bits per heavy atom. The van der Waals surface area contributed by atoms with Crippen LogP contribution in [-0.2, 0) is 9.53 Å². The minimum absolute atomic E-state index is 0.285. The number of ketones is 1. The van der Waals surface area contributed by atoms with Crippen molar-refractivity contribution in [1.82, 2.24) is 0 Å². The van der Waals surface area contributed by atoms with Crippen LogP contribution in [0.15, 0.2) is 0 Å². The van der Waals surface area contributed by atoms with E-state index in [9.17, 15) is 4.79 Å². The summed E-state index contributed by atoms with van der Waals surface area (Å²) in [6, 6.07) is 0. The van der Waals surface area contributed by atoms with Crippen LogP contribution in [0.2, 0.25) is 0 Å². The van der Waals surface area contributed by atoms with E-state index in [-0.39, 0.29) is 5.41 Å². The summed E-state index contributed by atoms with van der Waals surface area (Å²) in [5.41, 5.74) is 0.285. The Balaban J connectivity index is 1.94. The molecule has 2 fully saturated rings. The van der Waals surface area contributed by atoms with Crippen molar-refractivity contribution in [1.29, 1.82) is 0 Å². The average molecular weight is 266 g/mol. The second-order valence-electron chi connectivity index (χ2n) is 3.68. The molecule has 0 aromatic rings. The number of halogens is 1. The molecule has 2 aliphatic rings. The first-order valence-electron chi connectivity index (χ1n) is 3.93. The quantitative estimate of drug-likeness (QED) is 0.532. The van der Waals surface area contributed by atoms with E-state index in [1.165, 1.54) is 0 Å². The molecular weight excluding hydrogens is 255 g/mol. The summed E-state index contributed by atoms with van der Waals surface area (Å²) >= 11 is 2.34. The van der Waals surface area contributed by atoms with Gasteiger partial charge in [-0.3, -0.25) is 4.79 Å². The molecule has 0 aromatic carbocycles. The molecular formula is C8H11IO2. The molecule has 1 saturated carbocycles. The molecule has 0 unspecified atom stereocenters. The highest BCUT2D eigenvalue weighted by atomic mass is 127. The Morgan fingerprint density at radius 3 is 2.82 bits per heavy atom. The molecule has 62 valence electrons. The molecule has 0 radical (unpaired) electrons. The van der Waals surface area contributed by atoms with Crippen LogP contribution in [0.1, 0.15) is 19.3 Å². The topological polar surface area (TPSA) is 26.3 Å². The van der Waals surface area contributed by atoms with Gasteiger partial charge in [0.2, 0.25) is 0 Å². The van der Waals surface area contributed by atoms with Crippen molar-refractivity contribution in [2.45, 2.75) is 25.4 Å². The molecule has 2 rings (SSSR count). The fourth-order valence-electron chi connectivity index (χ4n) is 2.03. The van der Waals surface area contributed by atoms with E-state index in [1.807, 2.05) is 0 Å². The Labute approximate surface area is 79.8 Å². The minimum atomic E-state index is 0.285. The highest BCUT2D eigenvalue weighted by Crippen LogP contribution is 2.47. The number of hydrogen-bond donors (Lipinski definition) is 0. The average Bonchev–Trinajstić information content (AvgIpc) is 2.31. The summed E-state index contributed by atoms with van der Waals surface area (Å²) in [5.74, 6) is 0.419. The highest BCUT2D eigenvalue weighted by molar-refractivity contribution is 14.1. The first-order valence-corrected chi connectivity index (χ1v) is 5.46. The molecule has 1 spiro atoms. The van der Waals surface area contributed by atoms with Crippen molar-refractivity contribution in [2.75, 3.05) is 11.0 Å². The predicted octanol–water partition coefficient (Wildman–Crippen LogP) is 1.56. The fraction of sp³-hybridized carbons (Fsp3) is 0.875. The molecule has 1 aliphatic carbocycles. The number of carbonyl (C=O) groups is 1. The van der Waals surface area contributed by atoms with Crippen molar-refractivity contribution >= 4 is 28.4 Å². The minimum Gasteiger partial charge on any atom is -0.377 e. The lowest BCUT2D eigenvalue weighted by atomic mass is 9.67. The summed E-state index contributed by atoms with van der Waals surface area (Å²) in [7, 11) is 0. The zero-order valence-corrected chi connectivity index (χ0v) is 8.46. The van der Waals surface area contributed by atoms with Crippen LogP contribution in [-0.4, -0.2) is 22.9 Å². The van der Waals surface area contributed by atoms with Gasteiger partial charge in [0.05, 0.1) is 12.7 Å². The molecule has 1 atom stereocenters. The largest absolute Gasteiger partial charge is 0.377 e. The zero-order valence-electron chi connectivity index (χ0n) is 6.31. The molecule has 2 nitrogen and oxygen atoms in total. The van der Waals surface area contributed by atoms with Crippen molar-refractivity contribution in [3.8, 4) is 0 Å². The third-order valence-corrected chi connectivity index (χ3v) is 3.58. The Hall–Kier alpha value is 0.360. The van der Waals surface area contributed by atoms with Gasteiger partial charge in [-0.2, -0.15) is 0 Å². The zero-order chi connectivity index (χ0) is 7.90. The van der Waals surface area contributed by atoms with Crippen molar-refractivity contribution in [3.05, 3.63) is 0 Å². The van der Waals surface area contributed by atoms with Crippen molar-refractivity contribution < 1.29 is 9.53 Å². The SMILES string of the molecule is O=C1CC2(CO[C@H](CI)C2)C1. The maximum Gasteiger partial charge on any atom is 0.134 e. The van der Waals surface area contributed by atoms with Crippen LogP contribution in [0.4, 0.5) is 0 Å². The van der Waals surface area contributed by atoms with Gasteiger partial charge in [-0.1, -0.05) is 22.6 Å².